The first-order valence-electron chi connectivity index (χ1n) is 11.4. The lowest BCUT2D eigenvalue weighted by Gasteiger charge is -2.26. The maximum absolute atomic E-state index is 13.5. The molecule has 1 aliphatic rings. The zero-order chi connectivity index (χ0) is 25.0. The standard InChI is InChI=1S/C26H31N3O4S/c1-15(2)12-19-16(3)21(28-33)11-10-18(19)24(34)20-14-23(30)29(26(20)32)22(25(31)27-4)13-17-8-6-5-7-9-17/h5-11,15,20,22,28,33H,12-14H2,1-4H3,(H,27,31)/t20?,22-/m0/s1. The number of likely N-dealkylation sites (N-methyl/N-ethyl adjacent to an activating group) is 1. The molecular formula is C26H31N3O4S. The van der Waals surface area contributed by atoms with Crippen LogP contribution < -0.4 is 10.8 Å². The molecule has 1 unspecified atom stereocenters. The van der Waals surface area contributed by atoms with Crippen molar-refractivity contribution in [2.45, 2.75) is 46.1 Å². The summed E-state index contributed by atoms with van der Waals surface area (Å²) in [6.45, 7) is 6.04. The Morgan fingerprint density at radius 1 is 1.15 bits per heavy atom. The number of benzene rings is 2. The molecule has 2 atom stereocenters. The largest absolute Gasteiger partial charge is 0.357 e. The van der Waals surface area contributed by atoms with Gasteiger partial charge in [0.15, 0.2) is 0 Å². The van der Waals surface area contributed by atoms with Gasteiger partial charge in [-0.1, -0.05) is 62.5 Å². The van der Waals surface area contributed by atoms with Crippen LogP contribution in [0.5, 0.6) is 0 Å². The maximum atomic E-state index is 13.5. The lowest BCUT2D eigenvalue weighted by Crippen LogP contribution is -2.50. The molecule has 1 heterocycles. The Balaban J connectivity index is 1.95. The fraction of sp³-hybridized carbons (Fsp3) is 0.385. The van der Waals surface area contributed by atoms with E-state index in [4.69, 9.17) is 12.2 Å². The molecule has 3 N–H and O–H groups in total. The molecule has 2 aromatic rings. The smallest absolute Gasteiger partial charge is 0.243 e. The number of carbonyl (C=O) groups excluding carboxylic acids is 3. The van der Waals surface area contributed by atoms with E-state index < -0.39 is 29.7 Å². The van der Waals surface area contributed by atoms with Crippen molar-refractivity contribution in [3.8, 4) is 0 Å². The summed E-state index contributed by atoms with van der Waals surface area (Å²) in [5.41, 5.74) is 6.14. The number of likely N-dealkylation sites (tertiary alicyclic amines) is 1. The van der Waals surface area contributed by atoms with E-state index in [1.165, 1.54) is 7.05 Å². The van der Waals surface area contributed by atoms with Crippen LogP contribution in [-0.4, -0.2) is 45.8 Å². The quantitative estimate of drug-likeness (QED) is 0.220. The molecule has 0 saturated carbocycles. The summed E-state index contributed by atoms with van der Waals surface area (Å²) >= 11 is 5.77. The summed E-state index contributed by atoms with van der Waals surface area (Å²) in [7, 11) is 1.49. The van der Waals surface area contributed by atoms with Crippen molar-refractivity contribution < 1.29 is 19.6 Å². The highest BCUT2D eigenvalue weighted by atomic mass is 32.1. The highest BCUT2D eigenvalue weighted by Gasteiger charge is 2.46. The van der Waals surface area contributed by atoms with Gasteiger partial charge in [0, 0.05) is 24.8 Å². The number of nitrogens with one attached hydrogen (secondary N) is 2. The van der Waals surface area contributed by atoms with Gasteiger partial charge in [0.2, 0.25) is 17.7 Å². The van der Waals surface area contributed by atoms with E-state index in [-0.39, 0.29) is 12.8 Å². The minimum atomic E-state index is -0.946. The molecule has 0 aliphatic carbocycles. The van der Waals surface area contributed by atoms with Gasteiger partial charge in [-0.05, 0) is 47.6 Å². The van der Waals surface area contributed by atoms with Gasteiger partial charge in [-0.15, -0.1) is 0 Å². The zero-order valence-corrected chi connectivity index (χ0v) is 20.7. The Morgan fingerprint density at radius 2 is 1.82 bits per heavy atom. The second kappa shape index (κ2) is 10.9. The molecular weight excluding hydrogens is 450 g/mol. The molecule has 0 radical (unpaired) electrons. The fourth-order valence-corrected chi connectivity index (χ4v) is 4.83. The first-order valence-corrected chi connectivity index (χ1v) is 11.8. The summed E-state index contributed by atoms with van der Waals surface area (Å²) in [6.07, 6.45) is 0.858. The number of amides is 3. The molecule has 0 bridgehead atoms. The molecule has 1 saturated heterocycles. The van der Waals surface area contributed by atoms with Gasteiger partial charge in [-0.2, -0.15) is 0 Å². The molecule has 180 valence electrons. The molecule has 7 nitrogen and oxygen atoms in total. The number of thiocarbonyl (C=S) groups is 1. The molecule has 1 aliphatic heterocycles. The van der Waals surface area contributed by atoms with Gasteiger partial charge >= 0.3 is 0 Å². The third-order valence-electron chi connectivity index (χ3n) is 6.23. The molecule has 3 amide bonds. The Hall–Kier alpha value is -3.10. The SMILES string of the molecule is CNC(=O)[C@H](Cc1ccccc1)N1C(=O)CC(C(=S)c2ccc(NO)c(C)c2CC(C)C)C1=O. The van der Waals surface area contributed by atoms with E-state index in [1.807, 2.05) is 37.3 Å². The predicted octanol–water partition coefficient (Wildman–Crippen LogP) is 3.45. The Morgan fingerprint density at radius 3 is 2.41 bits per heavy atom. The summed E-state index contributed by atoms with van der Waals surface area (Å²) in [5.74, 6) is -1.75. The van der Waals surface area contributed by atoms with Crippen LogP contribution in [0.4, 0.5) is 5.69 Å². The van der Waals surface area contributed by atoms with E-state index >= 15 is 0 Å². The van der Waals surface area contributed by atoms with Crippen molar-refractivity contribution in [1.82, 2.24) is 10.2 Å². The average molecular weight is 482 g/mol. The molecule has 34 heavy (non-hydrogen) atoms. The fourth-order valence-electron chi connectivity index (χ4n) is 4.46. The maximum Gasteiger partial charge on any atom is 0.243 e. The molecule has 8 heteroatoms. The lowest BCUT2D eigenvalue weighted by molar-refractivity contribution is -0.146. The van der Waals surface area contributed by atoms with Crippen LogP contribution in [0.15, 0.2) is 42.5 Å². The van der Waals surface area contributed by atoms with Crippen LogP contribution in [0.1, 0.15) is 42.5 Å². The molecule has 3 rings (SSSR count). The van der Waals surface area contributed by atoms with Crippen molar-refractivity contribution in [3.05, 3.63) is 64.7 Å². The second-order valence-electron chi connectivity index (χ2n) is 9.02. The normalized spacial score (nSPS) is 16.6. The highest BCUT2D eigenvalue weighted by Crippen LogP contribution is 2.32. The van der Waals surface area contributed by atoms with Crippen molar-refractivity contribution in [2.75, 3.05) is 12.5 Å². The van der Waals surface area contributed by atoms with Gasteiger partial charge in [0.1, 0.15) is 6.04 Å². The van der Waals surface area contributed by atoms with Crippen molar-refractivity contribution >= 4 is 40.5 Å². The number of hydrogen-bond donors (Lipinski definition) is 3. The first-order chi connectivity index (χ1) is 16.2. The van der Waals surface area contributed by atoms with E-state index in [0.29, 0.717) is 22.9 Å². The predicted molar refractivity (Wildman–Crippen MR) is 135 cm³/mol. The minimum Gasteiger partial charge on any atom is -0.357 e. The van der Waals surface area contributed by atoms with Crippen LogP contribution in [0, 0.1) is 18.8 Å². The number of nitrogens with zero attached hydrogens (tertiary/aromatic N) is 1. The lowest BCUT2D eigenvalue weighted by atomic mass is 9.87. The third kappa shape index (κ3) is 5.18. The number of anilines is 1. The monoisotopic (exact) mass is 481 g/mol. The summed E-state index contributed by atoms with van der Waals surface area (Å²) in [6, 6.07) is 11.8. The zero-order valence-electron chi connectivity index (χ0n) is 19.9. The molecule has 2 aromatic carbocycles. The first kappa shape index (κ1) is 25.5. The number of rotatable bonds is 9. The molecule has 0 spiro atoms. The Kier molecular flexibility index (Phi) is 8.17. The molecule has 1 fully saturated rings. The summed E-state index contributed by atoms with van der Waals surface area (Å²) in [4.78, 5) is 40.7. The van der Waals surface area contributed by atoms with Crippen LogP contribution in [0.3, 0.4) is 0 Å². The van der Waals surface area contributed by atoms with Crippen molar-refractivity contribution in [3.63, 3.8) is 0 Å². The topological polar surface area (TPSA) is 98.7 Å². The van der Waals surface area contributed by atoms with Crippen LogP contribution in [-0.2, 0) is 27.2 Å². The number of imide groups is 1. The van der Waals surface area contributed by atoms with Gasteiger partial charge in [0.05, 0.1) is 11.6 Å². The van der Waals surface area contributed by atoms with E-state index in [9.17, 15) is 19.6 Å². The summed E-state index contributed by atoms with van der Waals surface area (Å²) < 4.78 is 0. The van der Waals surface area contributed by atoms with Crippen molar-refractivity contribution in [2.24, 2.45) is 11.8 Å². The van der Waals surface area contributed by atoms with Crippen LogP contribution >= 0.6 is 12.2 Å². The van der Waals surface area contributed by atoms with Gasteiger partial charge in [-0.3, -0.25) is 30.0 Å². The van der Waals surface area contributed by atoms with E-state index in [0.717, 1.165) is 27.2 Å². The highest BCUT2D eigenvalue weighted by molar-refractivity contribution is 7.81. The van der Waals surface area contributed by atoms with Gasteiger partial charge < -0.3 is 5.32 Å². The van der Waals surface area contributed by atoms with E-state index in [1.54, 1.807) is 12.1 Å². The van der Waals surface area contributed by atoms with E-state index in [2.05, 4.69) is 24.6 Å². The average Bonchev–Trinajstić information content (AvgIpc) is 3.11. The minimum absolute atomic E-state index is 0.0693. The van der Waals surface area contributed by atoms with Gasteiger partial charge in [-0.25, -0.2) is 0 Å². The van der Waals surface area contributed by atoms with Crippen LogP contribution in [0.25, 0.3) is 0 Å². The molecule has 0 aromatic heterocycles. The summed E-state index contributed by atoms with van der Waals surface area (Å²) in [5, 5.41) is 12.0. The number of hydrogen-bond acceptors (Lipinski definition) is 6. The van der Waals surface area contributed by atoms with Crippen molar-refractivity contribution in [1.29, 1.82) is 0 Å². The number of carbonyl (C=O) groups is 3. The second-order valence-corrected chi connectivity index (χ2v) is 9.46. The van der Waals surface area contributed by atoms with Crippen LogP contribution in [0.2, 0.25) is 0 Å². The Labute approximate surface area is 205 Å². The Bertz CT molecular complexity index is 1100. The third-order valence-corrected chi connectivity index (χ3v) is 6.73. The van der Waals surface area contributed by atoms with Gasteiger partial charge in [0.25, 0.3) is 0 Å².